The molecule has 0 atom stereocenters. The Bertz CT molecular complexity index is 575. The van der Waals surface area contributed by atoms with Gasteiger partial charge in [-0.05, 0) is 35.7 Å². The third-order valence-electron chi connectivity index (χ3n) is 6.19. The number of thioether (sulfide) groups is 1. The lowest BCUT2D eigenvalue weighted by Gasteiger charge is -2.30. The summed E-state index contributed by atoms with van der Waals surface area (Å²) in [6, 6.07) is 4.52. The maximum absolute atomic E-state index is 11.1. The van der Waals surface area contributed by atoms with Gasteiger partial charge in [-0.25, -0.2) is 0 Å². The summed E-state index contributed by atoms with van der Waals surface area (Å²) in [7, 11) is 0. The van der Waals surface area contributed by atoms with Crippen molar-refractivity contribution in [2.24, 2.45) is 0 Å². The highest BCUT2D eigenvalue weighted by Gasteiger charge is 2.27. The van der Waals surface area contributed by atoms with Crippen molar-refractivity contribution in [1.82, 2.24) is 0 Å². The summed E-state index contributed by atoms with van der Waals surface area (Å²) in [6.07, 6.45) is 10.7. The SMILES string of the molecule is CCC(C)(C)c1cc(C(C)(C)C)cc(CSC2CCCCCCC2)c1O. The van der Waals surface area contributed by atoms with Gasteiger partial charge >= 0.3 is 0 Å². The highest BCUT2D eigenvalue weighted by atomic mass is 32.2. The first kappa shape index (κ1) is 21.7. The minimum atomic E-state index is 0.00496. The molecule has 148 valence electrons. The molecular formula is C24H40OS. The van der Waals surface area contributed by atoms with Crippen LogP contribution in [0.5, 0.6) is 5.75 Å². The fourth-order valence-electron chi connectivity index (χ4n) is 3.74. The number of phenols is 1. The fraction of sp³-hybridized carbons (Fsp3) is 0.750. The molecule has 0 spiro atoms. The predicted molar refractivity (Wildman–Crippen MR) is 118 cm³/mol. The Kier molecular flexibility index (Phi) is 7.53. The lowest BCUT2D eigenvalue weighted by molar-refractivity contribution is 0.423. The Morgan fingerprint density at radius 2 is 1.54 bits per heavy atom. The van der Waals surface area contributed by atoms with Gasteiger partial charge in [-0.2, -0.15) is 11.8 Å². The number of benzene rings is 1. The van der Waals surface area contributed by atoms with Crippen LogP contribution in [-0.4, -0.2) is 10.4 Å². The minimum Gasteiger partial charge on any atom is -0.507 e. The standard InChI is InChI=1S/C24H40OS/c1-7-24(5,6)21-16-19(23(2,3)4)15-18(22(21)25)17-26-20-13-11-9-8-10-12-14-20/h15-16,20,25H,7-14,17H2,1-6H3. The maximum atomic E-state index is 11.1. The summed E-state index contributed by atoms with van der Waals surface area (Å²) in [5, 5.41) is 11.8. The molecule has 1 aromatic rings. The largest absolute Gasteiger partial charge is 0.507 e. The Labute approximate surface area is 166 Å². The number of aromatic hydroxyl groups is 1. The second-order valence-corrected chi connectivity index (χ2v) is 11.1. The second kappa shape index (κ2) is 9.04. The van der Waals surface area contributed by atoms with Crippen molar-refractivity contribution in [3.8, 4) is 5.75 Å². The highest BCUT2D eigenvalue weighted by Crippen LogP contribution is 2.41. The molecule has 1 nitrogen and oxygen atoms in total. The molecule has 2 heteroatoms. The van der Waals surface area contributed by atoms with Crippen molar-refractivity contribution in [1.29, 1.82) is 0 Å². The van der Waals surface area contributed by atoms with E-state index in [0.717, 1.165) is 28.6 Å². The van der Waals surface area contributed by atoms with Crippen LogP contribution in [0.15, 0.2) is 12.1 Å². The molecule has 1 aromatic carbocycles. The molecule has 1 aliphatic rings. The molecule has 26 heavy (non-hydrogen) atoms. The van der Waals surface area contributed by atoms with Crippen molar-refractivity contribution < 1.29 is 5.11 Å². The average Bonchev–Trinajstić information content (AvgIpc) is 2.53. The van der Waals surface area contributed by atoms with Crippen LogP contribution in [0, 0.1) is 0 Å². The summed E-state index contributed by atoms with van der Waals surface area (Å²) < 4.78 is 0. The van der Waals surface area contributed by atoms with Crippen LogP contribution in [0.1, 0.15) is 110 Å². The molecule has 1 fully saturated rings. The molecule has 0 aromatic heterocycles. The minimum absolute atomic E-state index is 0.00496. The van der Waals surface area contributed by atoms with E-state index in [-0.39, 0.29) is 10.8 Å². The van der Waals surface area contributed by atoms with Gasteiger partial charge in [0.05, 0.1) is 0 Å². The summed E-state index contributed by atoms with van der Waals surface area (Å²) >= 11 is 2.07. The zero-order valence-electron chi connectivity index (χ0n) is 18.0. The Hall–Kier alpha value is -0.630. The first-order chi connectivity index (χ1) is 12.1. The van der Waals surface area contributed by atoms with Gasteiger partial charge in [0, 0.05) is 22.1 Å². The molecule has 0 heterocycles. The van der Waals surface area contributed by atoms with Gasteiger partial charge in [0.2, 0.25) is 0 Å². The summed E-state index contributed by atoms with van der Waals surface area (Å²) in [6.45, 7) is 13.5. The van der Waals surface area contributed by atoms with E-state index in [1.165, 1.54) is 50.5 Å². The van der Waals surface area contributed by atoms with E-state index >= 15 is 0 Å². The molecule has 1 aliphatic carbocycles. The van der Waals surface area contributed by atoms with Crippen LogP contribution in [0.2, 0.25) is 0 Å². The van der Waals surface area contributed by atoms with Gasteiger partial charge < -0.3 is 5.11 Å². The van der Waals surface area contributed by atoms with Gasteiger partial charge in [0.15, 0.2) is 0 Å². The van der Waals surface area contributed by atoms with E-state index in [1.807, 2.05) is 0 Å². The third kappa shape index (κ3) is 5.68. The quantitative estimate of drug-likeness (QED) is 0.567. The second-order valence-electron chi connectivity index (χ2n) is 9.80. The number of hydrogen-bond acceptors (Lipinski definition) is 2. The van der Waals surface area contributed by atoms with E-state index in [2.05, 4.69) is 65.4 Å². The maximum Gasteiger partial charge on any atom is 0.123 e. The van der Waals surface area contributed by atoms with Crippen LogP contribution in [0.3, 0.4) is 0 Å². The Morgan fingerprint density at radius 1 is 0.962 bits per heavy atom. The van der Waals surface area contributed by atoms with Gasteiger partial charge in [-0.15, -0.1) is 0 Å². The summed E-state index contributed by atoms with van der Waals surface area (Å²) in [5.41, 5.74) is 3.72. The highest BCUT2D eigenvalue weighted by molar-refractivity contribution is 7.99. The van der Waals surface area contributed by atoms with Crippen molar-refractivity contribution in [2.45, 2.75) is 115 Å². The Morgan fingerprint density at radius 3 is 2.08 bits per heavy atom. The van der Waals surface area contributed by atoms with E-state index in [9.17, 15) is 5.11 Å². The van der Waals surface area contributed by atoms with Crippen molar-refractivity contribution in [2.75, 3.05) is 0 Å². The van der Waals surface area contributed by atoms with Crippen LogP contribution in [0.25, 0.3) is 0 Å². The van der Waals surface area contributed by atoms with E-state index in [4.69, 9.17) is 0 Å². The van der Waals surface area contributed by atoms with Crippen LogP contribution in [0.4, 0.5) is 0 Å². The van der Waals surface area contributed by atoms with Crippen molar-refractivity contribution in [3.05, 3.63) is 28.8 Å². The lowest BCUT2D eigenvalue weighted by Crippen LogP contribution is -2.19. The van der Waals surface area contributed by atoms with Crippen molar-refractivity contribution >= 4 is 11.8 Å². The zero-order chi connectivity index (χ0) is 19.4. The summed E-state index contributed by atoms with van der Waals surface area (Å²) in [4.78, 5) is 0. The molecule has 0 bridgehead atoms. The average molecular weight is 377 g/mol. The Balaban J connectivity index is 2.26. The number of rotatable bonds is 5. The van der Waals surface area contributed by atoms with Crippen LogP contribution < -0.4 is 0 Å². The van der Waals surface area contributed by atoms with Crippen LogP contribution >= 0.6 is 11.8 Å². The number of phenolic OH excluding ortho intramolecular Hbond substituents is 1. The molecular weight excluding hydrogens is 336 g/mol. The topological polar surface area (TPSA) is 20.2 Å². The molecule has 0 radical (unpaired) electrons. The first-order valence-electron chi connectivity index (χ1n) is 10.6. The van der Waals surface area contributed by atoms with Gasteiger partial charge in [-0.3, -0.25) is 0 Å². The van der Waals surface area contributed by atoms with E-state index < -0.39 is 0 Å². The fourth-order valence-corrected chi connectivity index (χ4v) is 5.04. The monoisotopic (exact) mass is 376 g/mol. The van der Waals surface area contributed by atoms with Gasteiger partial charge in [-0.1, -0.05) is 85.8 Å². The number of hydrogen-bond donors (Lipinski definition) is 1. The molecule has 0 aliphatic heterocycles. The molecule has 1 N–H and O–H groups in total. The van der Waals surface area contributed by atoms with Crippen LogP contribution in [-0.2, 0) is 16.6 Å². The normalized spacial score (nSPS) is 17.8. The molecule has 2 rings (SSSR count). The molecule has 1 saturated carbocycles. The molecule has 0 unspecified atom stereocenters. The lowest BCUT2D eigenvalue weighted by atomic mass is 9.77. The molecule has 0 amide bonds. The third-order valence-corrected chi connectivity index (χ3v) is 7.62. The molecule has 0 saturated heterocycles. The van der Waals surface area contributed by atoms with E-state index in [1.54, 1.807) is 0 Å². The first-order valence-corrected chi connectivity index (χ1v) is 11.7. The van der Waals surface area contributed by atoms with Gasteiger partial charge in [0.25, 0.3) is 0 Å². The zero-order valence-corrected chi connectivity index (χ0v) is 18.8. The van der Waals surface area contributed by atoms with Crippen molar-refractivity contribution in [3.63, 3.8) is 0 Å². The van der Waals surface area contributed by atoms with Gasteiger partial charge in [0.1, 0.15) is 5.75 Å². The van der Waals surface area contributed by atoms with E-state index in [0.29, 0.717) is 5.75 Å². The smallest absolute Gasteiger partial charge is 0.123 e. The summed E-state index contributed by atoms with van der Waals surface area (Å²) in [5.74, 6) is 1.48. The predicted octanol–water partition coefficient (Wildman–Crippen LogP) is 7.72.